The van der Waals surface area contributed by atoms with Crippen molar-refractivity contribution in [3.63, 3.8) is 0 Å². The van der Waals surface area contributed by atoms with Crippen LogP contribution in [0.5, 0.6) is 11.5 Å². The number of urea groups is 1. The molecule has 0 radical (unpaired) electrons. The Balaban J connectivity index is 1.23. The number of benzene rings is 3. The monoisotopic (exact) mass is 427 g/mol. The largest absolute Gasteiger partial charge is 0.486 e. The first kappa shape index (κ1) is 20.0. The molecule has 6 heteroatoms. The van der Waals surface area contributed by atoms with Gasteiger partial charge in [0.15, 0.2) is 17.6 Å². The molecule has 3 aromatic carbocycles. The van der Waals surface area contributed by atoms with E-state index in [0.29, 0.717) is 25.4 Å². The Morgan fingerprint density at radius 3 is 2.56 bits per heavy atom. The van der Waals surface area contributed by atoms with Gasteiger partial charge in [-0.2, -0.15) is 0 Å². The van der Waals surface area contributed by atoms with Crippen LogP contribution in [0.3, 0.4) is 0 Å². The van der Waals surface area contributed by atoms with E-state index in [2.05, 4.69) is 39.9 Å². The molecule has 0 fully saturated rings. The highest BCUT2D eigenvalue weighted by molar-refractivity contribution is 5.84. The second-order valence-electron chi connectivity index (χ2n) is 7.84. The topological polar surface area (TPSA) is 75.4 Å². The van der Waals surface area contributed by atoms with E-state index in [0.717, 1.165) is 27.8 Å². The average molecular weight is 428 g/mol. The van der Waals surface area contributed by atoms with Crippen LogP contribution in [0.25, 0.3) is 10.9 Å². The Morgan fingerprint density at radius 2 is 1.69 bits per heavy atom. The maximum atomic E-state index is 12.6. The molecule has 1 aliphatic heterocycles. The van der Waals surface area contributed by atoms with E-state index in [1.165, 1.54) is 0 Å². The average Bonchev–Trinajstić information content (AvgIpc) is 3.27. The standard InChI is InChI=1S/C26H25N3O3/c30-26(28-14-19-17-31-24-12-6-7-13-25(24)32-19)29-15-21(18-8-2-1-3-9-18)22-16-27-23-11-5-4-10-20(22)23/h1-13,16,19,21,27H,14-15,17H2,(H2,28,29,30)/t19-,21-/m0/s1. The van der Waals surface area contributed by atoms with E-state index in [9.17, 15) is 4.79 Å². The van der Waals surface area contributed by atoms with E-state index in [-0.39, 0.29) is 18.1 Å². The van der Waals surface area contributed by atoms with Crippen molar-refractivity contribution < 1.29 is 14.3 Å². The van der Waals surface area contributed by atoms with Crippen molar-refractivity contribution in [2.24, 2.45) is 0 Å². The number of amides is 2. The highest BCUT2D eigenvalue weighted by Crippen LogP contribution is 2.31. The van der Waals surface area contributed by atoms with Gasteiger partial charge in [0.05, 0.1) is 6.54 Å². The molecular formula is C26H25N3O3. The van der Waals surface area contributed by atoms with Gasteiger partial charge in [-0.05, 0) is 29.3 Å². The Morgan fingerprint density at radius 1 is 0.938 bits per heavy atom. The minimum atomic E-state index is -0.228. The maximum absolute atomic E-state index is 12.6. The maximum Gasteiger partial charge on any atom is 0.314 e. The molecule has 3 N–H and O–H groups in total. The summed E-state index contributed by atoms with van der Waals surface area (Å²) < 4.78 is 11.6. The van der Waals surface area contributed by atoms with Crippen molar-refractivity contribution in [3.8, 4) is 11.5 Å². The van der Waals surface area contributed by atoms with E-state index in [1.54, 1.807) is 0 Å². The summed E-state index contributed by atoms with van der Waals surface area (Å²) in [4.78, 5) is 15.9. The van der Waals surface area contributed by atoms with Crippen LogP contribution in [-0.4, -0.2) is 36.8 Å². The molecule has 0 saturated heterocycles. The summed E-state index contributed by atoms with van der Waals surface area (Å²) >= 11 is 0. The fraction of sp³-hybridized carbons (Fsp3) is 0.192. The molecule has 0 unspecified atom stereocenters. The summed E-state index contributed by atoms with van der Waals surface area (Å²) in [5, 5.41) is 7.10. The summed E-state index contributed by atoms with van der Waals surface area (Å²) in [6.45, 7) is 1.24. The normalized spacial score (nSPS) is 15.8. The van der Waals surface area contributed by atoms with Gasteiger partial charge >= 0.3 is 6.03 Å². The number of hydrogen-bond acceptors (Lipinski definition) is 3. The summed E-state index contributed by atoms with van der Waals surface area (Å²) in [5.41, 5.74) is 3.40. The fourth-order valence-electron chi connectivity index (χ4n) is 4.10. The van der Waals surface area contributed by atoms with Crippen molar-refractivity contribution in [1.29, 1.82) is 0 Å². The van der Waals surface area contributed by atoms with Gasteiger partial charge in [-0.1, -0.05) is 60.7 Å². The molecule has 0 saturated carbocycles. The summed E-state index contributed by atoms with van der Waals surface area (Å²) in [6.07, 6.45) is 1.81. The van der Waals surface area contributed by atoms with E-state index in [4.69, 9.17) is 9.47 Å². The van der Waals surface area contributed by atoms with Crippen molar-refractivity contribution in [1.82, 2.24) is 15.6 Å². The lowest BCUT2D eigenvalue weighted by molar-refractivity contribution is 0.0918. The SMILES string of the molecule is O=C(NC[C@H]1COc2ccccc2O1)NC[C@@H](c1ccccc1)c1c[nH]c2ccccc12. The van der Waals surface area contributed by atoms with Crippen molar-refractivity contribution in [3.05, 3.63) is 96.2 Å². The molecule has 0 bridgehead atoms. The van der Waals surface area contributed by atoms with Gasteiger partial charge in [0.1, 0.15) is 6.61 Å². The molecule has 2 heterocycles. The third kappa shape index (κ3) is 4.25. The van der Waals surface area contributed by atoms with Crippen LogP contribution in [0.15, 0.2) is 85.1 Å². The van der Waals surface area contributed by atoms with E-state index >= 15 is 0 Å². The Labute approximate surface area is 186 Å². The second-order valence-corrected chi connectivity index (χ2v) is 7.84. The molecule has 2 amide bonds. The first-order valence-electron chi connectivity index (χ1n) is 10.8. The minimum absolute atomic E-state index is 0.0271. The number of carbonyl (C=O) groups is 1. The second kappa shape index (κ2) is 9.06. The number of carbonyl (C=O) groups excluding carboxylic acids is 1. The number of fused-ring (bicyclic) bond motifs is 2. The molecule has 1 aliphatic rings. The number of nitrogens with one attached hydrogen (secondary N) is 3. The smallest absolute Gasteiger partial charge is 0.314 e. The Hall–Kier alpha value is -3.93. The van der Waals surface area contributed by atoms with Crippen LogP contribution in [0.4, 0.5) is 4.79 Å². The van der Waals surface area contributed by atoms with Gasteiger partial charge in [-0.3, -0.25) is 0 Å². The molecule has 0 aliphatic carbocycles. The third-order valence-electron chi connectivity index (χ3n) is 5.72. The van der Waals surface area contributed by atoms with E-state index < -0.39 is 0 Å². The predicted molar refractivity (Wildman–Crippen MR) is 124 cm³/mol. The molecule has 2 atom stereocenters. The number of H-pyrrole nitrogens is 1. The van der Waals surface area contributed by atoms with Crippen molar-refractivity contribution in [2.45, 2.75) is 12.0 Å². The van der Waals surface area contributed by atoms with Gasteiger partial charge in [-0.15, -0.1) is 0 Å². The van der Waals surface area contributed by atoms with Crippen LogP contribution >= 0.6 is 0 Å². The van der Waals surface area contributed by atoms with Gasteiger partial charge in [0.2, 0.25) is 0 Å². The van der Waals surface area contributed by atoms with Gasteiger partial charge in [0.25, 0.3) is 0 Å². The molecule has 1 aromatic heterocycles. The summed E-state index contributed by atoms with van der Waals surface area (Å²) in [5.74, 6) is 1.46. The van der Waals surface area contributed by atoms with Crippen LogP contribution in [-0.2, 0) is 0 Å². The molecular weight excluding hydrogens is 402 g/mol. The fourth-order valence-corrected chi connectivity index (χ4v) is 4.10. The zero-order valence-electron chi connectivity index (χ0n) is 17.6. The summed E-state index contributed by atoms with van der Waals surface area (Å²) in [6, 6.07) is 25.8. The molecule has 5 rings (SSSR count). The highest BCUT2D eigenvalue weighted by atomic mass is 16.6. The first-order valence-corrected chi connectivity index (χ1v) is 10.8. The zero-order chi connectivity index (χ0) is 21.8. The first-order chi connectivity index (χ1) is 15.8. The summed E-state index contributed by atoms with van der Waals surface area (Å²) in [7, 11) is 0. The number of aromatic amines is 1. The lowest BCUT2D eigenvalue weighted by atomic mass is 9.91. The highest BCUT2D eigenvalue weighted by Gasteiger charge is 2.22. The third-order valence-corrected chi connectivity index (χ3v) is 5.72. The number of rotatable bonds is 6. The molecule has 0 spiro atoms. The Bertz CT molecular complexity index is 1210. The van der Waals surface area contributed by atoms with E-state index in [1.807, 2.05) is 60.8 Å². The molecule has 32 heavy (non-hydrogen) atoms. The van der Waals surface area contributed by atoms with Gasteiger partial charge < -0.3 is 25.1 Å². The van der Waals surface area contributed by atoms with Crippen LogP contribution in [0.2, 0.25) is 0 Å². The van der Waals surface area contributed by atoms with Gasteiger partial charge in [-0.25, -0.2) is 4.79 Å². The minimum Gasteiger partial charge on any atom is -0.486 e. The number of para-hydroxylation sites is 3. The van der Waals surface area contributed by atoms with Crippen molar-refractivity contribution in [2.75, 3.05) is 19.7 Å². The molecule has 6 nitrogen and oxygen atoms in total. The van der Waals surface area contributed by atoms with Gasteiger partial charge in [0, 0.05) is 29.6 Å². The number of ether oxygens (including phenoxy) is 2. The quantitative estimate of drug-likeness (QED) is 0.426. The number of aromatic nitrogens is 1. The zero-order valence-corrected chi connectivity index (χ0v) is 17.6. The molecule has 4 aromatic rings. The van der Waals surface area contributed by atoms with Crippen LogP contribution in [0, 0.1) is 0 Å². The van der Waals surface area contributed by atoms with Crippen LogP contribution in [0.1, 0.15) is 17.0 Å². The Kier molecular flexibility index (Phi) is 5.66. The lowest BCUT2D eigenvalue weighted by Gasteiger charge is -2.26. The predicted octanol–water partition coefficient (Wildman–Crippen LogP) is 4.44. The number of hydrogen-bond donors (Lipinski definition) is 3. The molecule has 162 valence electrons. The van der Waals surface area contributed by atoms with Crippen LogP contribution < -0.4 is 20.1 Å². The van der Waals surface area contributed by atoms with Crippen molar-refractivity contribution >= 4 is 16.9 Å². The lowest BCUT2D eigenvalue weighted by Crippen LogP contribution is -2.45.